The molecule has 0 radical (unpaired) electrons. The first-order valence-electron chi connectivity index (χ1n) is 9.38. The van der Waals surface area contributed by atoms with E-state index in [0.717, 1.165) is 5.56 Å². The lowest BCUT2D eigenvalue weighted by atomic mass is 10.2. The van der Waals surface area contributed by atoms with Crippen molar-refractivity contribution >= 4 is 23.2 Å². The number of amides is 2. The SMILES string of the molecule is CC(=O)Nc1ccc(C)cc1NC(=O)c1ccc(=O)n(CCOc2ccccc2)n1. The number of nitrogens with one attached hydrogen (secondary N) is 2. The Morgan fingerprint density at radius 2 is 1.77 bits per heavy atom. The van der Waals surface area contributed by atoms with E-state index in [2.05, 4.69) is 15.7 Å². The van der Waals surface area contributed by atoms with Crippen LogP contribution in [0.5, 0.6) is 5.75 Å². The number of benzene rings is 2. The Hall–Kier alpha value is -3.94. The Kier molecular flexibility index (Phi) is 6.59. The summed E-state index contributed by atoms with van der Waals surface area (Å²) in [6, 6.07) is 17.1. The minimum atomic E-state index is -0.495. The summed E-state index contributed by atoms with van der Waals surface area (Å²) in [7, 11) is 0. The first-order chi connectivity index (χ1) is 14.4. The largest absolute Gasteiger partial charge is 0.492 e. The minimum absolute atomic E-state index is 0.0737. The van der Waals surface area contributed by atoms with E-state index in [1.807, 2.05) is 43.3 Å². The second-order valence-corrected chi connectivity index (χ2v) is 6.63. The van der Waals surface area contributed by atoms with Crippen molar-refractivity contribution < 1.29 is 14.3 Å². The summed E-state index contributed by atoms with van der Waals surface area (Å²) in [5.74, 6) is -0.0613. The summed E-state index contributed by atoms with van der Waals surface area (Å²) in [5, 5.41) is 9.55. The van der Waals surface area contributed by atoms with Gasteiger partial charge in [-0.15, -0.1) is 0 Å². The molecule has 0 unspecified atom stereocenters. The Bertz CT molecular complexity index is 1110. The van der Waals surface area contributed by atoms with Crippen molar-refractivity contribution in [1.82, 2.24) is 9.78 Å². The van der Waals surface area contributed by atoms with Crippen LogP contribution in [0.4, 0.5) is 11.4 Å². The number of hydrogen-bond donors (Lipinski definition) is 2. The number of carbonyl (C=O) groups is 2. The normalized spacial score (nSPS) is 10.3. The highest BCUT2D eigenvalue weighted by Crippen LogP contribution is 2.23. The molecule has 2 amide bonds. The van der Waals surface area contributed by atoms with Crippen LogP contribution in [0.15, 0.2) is 65.5 Å². The summed E-state index contributed by atoms with van der Waals surface area (Å²) >= 11 is 0. The van der Waals surface area contributed by atoms with E-state index < -0.39 is 5.91 Å². The second-order valence-electron chi connectivity index (χ2n) is 6.63. The third-order valence-corrected chi connectivity index (χ3v) is 4.15. The van der Waals surface area contributed by atoms with E-state index >= 15 is 0 Å². The maximum absolute atomic E-state index is 12.7. The summed E-state index contributed by atoms with van der Waals surface area (Å²) in [4.78, 5) is 36.2. The van der Waals surface area contributed by atoms with Crippen LogP contribution in [0.1, 0.15) is 23.0 Å². The van der Waals surface area contributed by atoms with Crippen LogP contribution >= 0.6 is 0 Å². The molecular weight excluding hydrogens is 384 g/mol. The molecule has 3 rings (SSSR count). The first kappa shape index (κ1) is 20.8. The van der Waals surface area contributed by atoms with Crippen LogP contribution in [0.3, 0.4) is 0 Å². The van der Waals surface area contributed by atoms with Gasteiger partial charge in [0, 0.05) is 13.0 Å². The van der Waals surface area contributed by atoms with E-state index in [1.165, 1.54) is 23.7 Å². The monoisotopic (exact) mass is 406 g/mol. The van der Waals surface area contributed by atoms with Gasteiger partial charge in [0.25, 0.3) is 11.5 Å². The molecule has 2 N–H and O–H groups in total. The summed E-state index contributed by atoms with van der Waals surface area (Å²) in [6.07, 6.45) is 0. The minimum Gasteiger partial charge on any atom is -0.492 e. The fourth-order valence-corrected chi connectivity index (χ4v) is 2.74. The van der Waals surface area contributed by atoms with E-state index in [4.69, 9.17) is 4.74 Å². The topological polar surface area (TPSA) is 102 Å². The Labute approximate surface area is 173 Å². The van der Waals surface area contributed by atoms with Gasteiger partial charge in [-0.05, 0) is 42.8 Å². The Morgan fingerprint density at radius 1 is 1.00 bits per heavy atom. The van der Waals surface area contributed by atoms with E-state index in [-0.39, 0.29) is 30.3 Å². The average Bonchev–Trinajstić information content (AvgIpc) is 2.72. The molecule has 1 heterocycles. The smallest absolute Gasteiger partial charge is 0.276 e. The number of hydrogen-bond acceptors (Lipinski definition) is 5. The van der Waals surface area contributed by atoms with Crippen LogP contribution in [0, 0.1) is 6.92 Å². The lowest BCUT2D eigenvalue weighted by Crippen LogP contribution is -2.28. The van der Waals surface area contributed by atoms with Crippen molar-refractivity contribution in [3.63, 3.8) is 0 Å². The number of rotatable bonds is 7. The number of anilines is 2. The number of nitrogens with zero attached hydrogens (tertiary/aromatic N) is 2. The highest BCUT2D eigenvalue weighted by atomic mass is 16.5. The molecule has 0 saturated heterocycles. The molecule has 8 heteroatoms. The quantitative estimate of drug-likeness (QED) is 0.628. The molecule has 0 aliphatic rings. The van der Waals surface area contributed by atoms with Crippen LogP contribution in [-0.4, -0.2) is 28.2 Å². The third kappa shape index (κ3) is 5.54. The van der Waals surface area contributed by atoms with Gasteiger partial charge in [-0.3, -0.25) is 14.4 Å². The molecule has 0 fully saturated rings. The van der Waals surface area contributed by atoms with Gasteiger partial charge in [0.2, 0.25) is 5.91 Å². The van der Waals surface area contributed by atoms with E-state index in [9.17, 15) is 14.4 Å². The van der Waals surface area contributed by atoms with Gasteiger partial charge in [-0.2, -0.15) is 5.10 Å². The molecule has 1 aromatic heterocycles. The first-order valence-corrected chi connectivity index (χ1v) is 9.38. The van der Waals surface area contributed by atoms with E-state index in [0.29, 0.717) is 17.1 Å². The van der Waals surface area contributed by atoms with Crippen molar-refractivity contribution in [1.29, 1.82) is 0 Å². The molecular formula is C22H22N4O4. The molecule has 0 atom stereocenters. The number of carbonyl (C=O) groups excluding carboxylic acids is 2. The maximum atomic E-state index is 12.7. The predicted molar refractivity (Wildman–Crippen MR) is 114 cm³/mol. The molecule has 0 aliphatic carbocycles. The molecule has 0 spiro atoms. The molecule has 3 aromatic rings. The van der Waals surface area contributed by atoms with Gasteiger partial charge >= 0.3 is 0 Å². The van der Waals surface area contributed by atoms with Crippen molar-refractivity contribution in [2.75, 3.05) is 17.2 Å². The molecule has 2 aromatic carbocycles. The van der Waals surface area contributed by atoms with Crippen molar-refractivity contribution in [3.8, 4) is 5.75 Å². The average molecular weight is 406 g/mol. The van der Waals surface area contributed by atoms with Gasteiger partial charge in [-0.1, -0.05) is 24.3 Å². The van der Waals surface area contributed by atoms with Crippen LogP contribution in [-0.2, 0) is 11.3 Å². The molecule has 154 valence electrons. The molecule has 8 nitrogen and oxygen atoms in total. The van der Waals surface area contributed by atoms with Crippen molar-refractivity contribution in [2.24, 2.45) is 0 Å². The lowest BCUT2D eigenvalue weighted by molar-refractivity contribution is -0.114. The van der Waals surface area contributed by atoms with Gasteiger partial charge in [0.15, 0.2) is 0 Å². The van der Waals surface area contributed by atoms with Gasteiger partial charge in [0.1, 0.15) is 18.1 Å². The van der Waals surface area contributed by atoms with E-state index in [1.54, 1.807) is 12.1 Å². The van der Waals surface area contributed by atoms with Gasteiger partial charge in [0.05, 0.1) is 17.9 Å². The number of aromatic nitrogens is 2. The molecule has 30 heavy (non-hydrogen) atoms. The zero-order valence-electron chi connectivity index (χ0n) is 16.7. The number of aryl methyl sites for hydroxylation is 1. The maximum Gasteiger partial charge on any atom is 0.276 e. The fraction of sp³-hybridized carbons (Fsp3) is 0.182. The standard InChI is InChI=1S/C22H22N4O4/c1-15-8-9-18(23-16(2)27)20(14-15)24-22(29)19-10-11-21(28)26(25-19)12-13-30-17-6-4-3-5-7-17/h3-11,14H,12-13H2,1-2H3,(H,23,27)(H,24,29). The van der Waals surface area contributed by atoms with Crippen LogP contribution in [0.25, 0.3) is 0 Å². The zero-order chi connectivity index (χ0) is 21.5. The van der Waals surface area contributed by atoms with Crippen molar-refractivity contribution in [3.05, 3.63) is 82.3 Å². The van der Waals surface area contributed by atoms with Crippen LogP contribution in [0.2, 0.25) is 0 Å². The molecule has 0 bridgehead atoms. The Morgan fingerprint density at radius 3 is 2.50 bits per heavy atom. The zero-order valence-corrected chi connectivity index (χ0v) is 16.7. The summed E-state index contributed by atoms with van der Waals surface area (Å²) in [6.45, 7) is 3.68. The summed E-state index contributed by atoms with van der Waals surface area (Å²) < 4.78 is 6.77. The van der Waals surface area contributed by atoms with Gasteiger partial charge in [-0.25, -0.2) is 4.68 Å². The molecule has 0 saturated carbocycles. The number of para-hydroxylation sites is 1. The number of ether oxygens (including phenoxy) is 1. The molecule has 0 aliphatic heterocycles. The van der Waals surface area contributed by atoms with Crippen LogP contribution < -0.4 is 20.9 Å². The predicted octanol–water partition coefficient (Wildman–Crippen LogP) is 2.84. The fourth-order valence-electron chi connectivity index (χ4n) is 2.74. The Balaban J connectivity index is 1.72. The third-order valence-electron chi connectivity index (χ3n) is 4.15. The highest BCUT2D eigenvalue weighted by Gasteiger charge is 2.13. The van der Waals surface area contributed by atoms with Gasteiger partial charge < -0.3 is 15.4 Å². The highest BCUT2D eigenvalue weighted by molar-refractivity contribution is 6.06. The second kappa shape index (κ2) is 9.51. The summed E-state index contributed by atoms with van der Waals surface area (Å²) in [5.41, 5.74) is 1.57. The lowest BCUT2D eigenvalue weighted by Gasteiger charge is -2.13. The van der Waals surface area contributed by atoms with Crippen molar-refractivity contribution in [2.45, 2.75) is 20.4 Å².